The Bertz CT molecular complexity index is 525. The monoisotopic (exact) mass is 350 g/mol. The summed E-state index contributed by atoms with van der Waals surface area (Å²) in [4.78, 5) is 14.7. The van der Waals surface area contributed by atoms with Crippen LogP contribution in [0.5, 0.6) is 5.75 Å². The highest BCUT2D eigenvalue weighted by molar-refractivity contribution is 5.79. The topological polar surface area (TPSA) is 41.6 Å². The van der Waals surface area contributed by atoms with Crippen LogP contribution in [0.15, 0.2) is 24.3 Å². The van der Waals surface area contributed by atoms with Gasteiger partial charge >= 0.3 is 0 Å². The van der Waals surface area contributed by atoms with Crippen molar-refractivity contribution in [3.63, 3.8) is 0 Å². The molecule has 1 amide bonds. The molecule has 140 valence electrons. The summed E-state index contributed by atoms with van der Waals surface area (Å²) in [5.41, 5.74) is 0. The standard InChI is InChI=1S/C20H31FN2O2/c1-15(2)16(3)22-20(24)17-9-12-23(13-10-17)11-4-14-25-19-7-5-18(21)6-8-19/h5-8,15-17H,4,9-14H2,1-3H3,(H,22,24). The molecule has 5 heteroatoms. The van der Waals surface area contributed by atoms with Crippen molar-refractivity contribution in [2.24, 2.45) is 11.8 Å². The quantitative estimate of drug-likeness (QED) is 0.730. The van der Waals surface area contributed by atoms with E-state index in [1.807, 2.05) is 0 Å². The van der Waals surface area contributed by atoms with Gasteiger partial charge in [-0.2, -0.15) is 0 Å². The average molecular weight is 350 g/mol. The minimum Gasteiger partial charge on any atom is -0.494 e. The summed E-state index contributed by atoms with van der Waals surface area (Å²) >= 11 is 0. The van der Waals surface area contributed by atoms with Gasteiger partial charge in [0.25, 0.3) is 0 Å². The first-order chi connectivity index (χ1) is 12.0. The third-order valence-electron chi connectivity index (χ3n) is 5.03. The molecule has 25 heavy (non-hydrogen) atoms. The zero-order valence-electron chi connectivity index (χ0n) is 15.6. The van der Waals surface area contributed by atoms with Crippen LogP contribution in [0.2, 0.25) is 0 Å². The molecule has 0 aliphatic carbocycles. The van der Waals surface area contributed by atoms with Crippen molar-refractivity contribution in [2.45, 2.75) is 46.1 Å². The van der Waals surface area contributed by atoms with Gasteiger partial charge in [-0.05, 0) is 69.5 Å². The van der Waals surface area contributed by atoms with E-state index < -0.39 is 0 Å². The Kier molecular flexibility index (Phi) is 7.69. The minimum atomic E-state index is -0.248. The zero-order chi connectivity index (χ0) is 18.2. The Morgan fingerprint density at radius 3 is 2.48 bits per heavy atom. The number of carbonyl (C=O) groups is 1. The third kappa shape index (κ3) is 6.65. The van der Waals surface area contributed by atoms with Gasteiger partial charge in [-0.15, -0.1) is 0 Å². The van der Waals surface area contributed by atoms with E-state index in [9.17, 15) is 9.18 Å². The van der Waals surface area contributed by atoms with E-state index in [2.05, 4.69) is 31.0 Å². The van der Waals surface area contributed by atoms with Crippen LogP contribution < -0.4 is 10.1 Å². The van der Waals surface area contributed by atoms with Crippen LogP contribution in [0.25, 0.3) is 0 Å². The first-order valence-electron chi connectivity index (χ1n) is 9.37. The Hall–Kier alpha value is -1.62. The summed E-state index contributed by atoms with van der Waals surface area (Å²) in [6, 6.07) is 6.35. The molecule has 4 nitrogen and oxygen atoms in total. The second-order valence-corrected chi connectivity index (χ2v) is 7.31. The summed E-state index contributed by atoms with van der Waals surface area (Å²) in [6.07, 6.45) is 2.78. The maximum atomic E-state index is 12.8. The van der Waals surface area contributed by atoms with Gasteiger partial charge in [0, 0.05) is 18.5 Å². The Balaban J connectivity index is 1.60. The van der Waals surface area contributed by atoms with Crippen molar-refractivity contribution >= 4 is 5.91 Å². The average Bonchev–Trinajstić information content (AvgIpc) is 2.60. The van der Waals surface area contributed by atoms with E-state index in [0.717, 1.165) is 38.9 Å². The molecular weight excluding hydrogens is 319 g/mol. The number of rotatable bonds is 8. The van der Waals surface area contributed by atoms with Gasteiger partial charge < -0.3 is 15.0 Å². The first kappa shape index (κ1) is 19.7. The number of halogens is 1. The van der Waals surface area contributed by atoms with Crippen LogP contribution in [-0.4, -0.2) is 43.1 Å². The molecule has 1 aliphatic rings. The fourth-order valence-corrected chi connectivity index (χ4v) is 2.94. The van der Waals surface area contributed by atoms with E-state index in [-0.39, 0.29) is 23.7 Å². The van der Waals surface area contributed by atoms with Crippen molar-refractivity contribution in [3.05, 3.63) is 30.1 Å². The smallest absolute Gasteiger partial charge is 0.223 e. The summed E-state index contributed by atoms with van der Waals surface area (Å²) in [6.45, 7) is 9.84. The molecule has 1 unspecified atom stereocenters. The number of benzene rings is 1. The molecule has 1 N–H and O–H groups in total. The summed E-state index contributed by atoms with van der Waals surface area (Å²) in [5.74, 6) is 1.27. The van der Waals surface area contributed by atoms with Gasteiger partial charge in [0.1, 0.15) is 11.6 Å². The molecule has 1 heterocycles. The number of carbonyl (C=O) groups excluding carboxylic acids is 1. The highest BCUT2D eigenvalue weighted by Crippen LogP contribution is 2.18. The minimum absolute atomic E-state index is 0.146. The number of nitrogens with one attached hydrogen (secondary N) is 1. The predicted octanol–water partition coefficient (Wildman–Crippen LogP) is 3.47. The van der Waals surface area contributed by atoms with Crippen molar-refractivity contribution in [2.75, 3.05) is 26.2 Å². The highest BCUT2D eigenvalue weighted by Gasteiger charge is 2.25. The van der Waals surface area contributed by atoms with Gasteiger partial charge in [-0.1, -0.05) is 13.8 Å². The number of nitrogens with zero attached hydrogens (tertiary/aromatic N) is 1. The molecule has 2 rings (SSSR count). The number of hydrogen-bond donors (Lipinski definition) is 1. The second-order valence-electron chi connectivity index (χ2n) is 7.31. The molecule has 1 saturated heterocycles. The van der Waals surface area contributed by atoms with Crippen molar-refractivity contribution in [1.29, 1.82) is 0 Å². The van der Waals surface area contributed by atoms with Crippen LogP contribution in [0.1, 0.15) is 40.0 Å². The van der Waals surface area contributed by atoms with Gasteiger partial charge in [-0.25, -0.2) is 4.39 Å². The van der Waals surface area contributed by atoms with E-state index in [1.54, 1.807) is 12.1 Å². The molecule has 0 aromatic heterocycles. The highest BCUT2D eigenvalue weighted by atomic mass is 19.1. The lowest BCUT2D eigenvalue weighted by Gasteiger charge is -2.32. The maximum Gasteiger partial charge on any atom is 0.223 e. The molecular formula is C20H31FN2O2. The number of hydrogen-bond acceptors (Lipinski definition) is 3. The molecule has 0 bridgehead atoms. The first-order valence-corrected chi connectivity index (χ1v) is 9.37. The Morgan fingerprint density at radius 1 is 1.24 bits per heavy atom. The summed E-state index contributed by atoms with van der Waals surface area (Å²) < 4.78 is 18.4. The third-order valence-corrected chi connectivity index (χ3v) is 5.03. The number of piperidine rings is 1. The molecule has 1 aromatic rings. The number of ether oxygens (including phenoxy) is 1. The summed E-state index contributed by atoms with van der Waals surface area (Å²) in [5, 5.41) is 3.13. The Labute approximate surface area is 150 Å². The second kappa shape index (κ2) is 9.76. The fourth-order valence-electron chi connectivity index (χ4n) is 2.94. The summed E-state index contributed by atoms with van der Waals surface area (Å²) in [7, 11) is 0. The molecule has 0 radical (unpaired) electrons. The zero-order valence-corrected chi connectivity index (χ0v) is 15.6. The molecule has 1 atom stereocenters. The van der Waals surface area contributed by atoms with E-state index in [4.69, 9.17) is 4.74 Å². The van der Waals surface area contributed by atoms with Gasteiger partial charge in [0.15, 0.2) is 0 Å². The lowest BCUT2D eigenvalue weighted by Crippen LogP contribution is -2.44. The lowest BCUT2D eigenvalue weighted by atomic mass is 9.94. The van der Waals surface area contributed by atoms with Gasteiger partial charge in [0.05, 0.1) is 6.61 Å². The van der Waals surface area contributed by atoms with Crippen LogP contribution in [-0.2, 0) is 4.79 Å². The molecule has 0 spiro atoms. The largest absolute Gasteiger partial charge is 0.494 e. The van der Waals surface area contributed by atoms with E-state index in [0.29, 0.717) is 18.3 Å². The van der Waals surface area contributed by atoms with Gasteiger partial charge in [-0.3, -0.25) is 4.79 Å². The normalized spacial score (nSPS) is 17.5. The number of amides is 1. The van der Waals surface area contributed by atoms with Crippen LogP contribution >= 0.6 is 0 Å². The van der Waals surface area contributed by atoms with Crippen molar-refractivity contribution in [1.82, 2.24) is 10.2 Å². The molecule has 1 fully saturated rings. The van der Waals surface area contributed by atoms with E-state index in [1.165, 1.54) is 12.1 Å². The van der Waals surface area contributed by atoms with Crippen molar-refractivity contribution < 1.29 is 13.9 Å². The molecule has 1 aliphatic heterocycles. The molecule has 0 saturated carbocycles. The fraction of sp³-hybridized carbons (Fsp3) is 0.650. The van der Waals surface area contributed by atoms with Crippen LogP contribution in [0, 0.1) is 17.7 Å². The van der Waals surface area contributed by atoms with Crippen LogP contribution in [0.3, 0.4) is 0 Å². The van der Waals surface area contributed by atoms with E-state index >= 15 is 0 Å². The van der Waals surface area contributed by atoms with Gasteiger partial charge in [0.2, 0.25) is 5.91 Å². The number of likely N-dealkylation sites (tertiary alicyclic amines) is 1. The Morgan fingerprint density at radius 2 is 1.88 bits per heavy atom. The van der Waals surface area contributed by atoms with Crippen molar-refractivity contribution in [3.8, 4) is 5.75 Å². The molecule has 1 aromatic carbocycles. The maximum absolute atomic E-state index is 12.8. The van der Waals surface area contributed by atoms with Crippen LogP contribution in [0.4, 0.5) is 4.39 Å². The SMILES string of the molecule is CC(C)C(C)NC(=O)C1CCN(CCCOc2ccc(F)cc2)CC1. The predicted molar refractivity (Wildman–Crippen MR) is 98.1 cm³/mol. The lowest BCUT2D eigenvalue weighted by molar-refractivity contribution is -0.127.